The van der Waals surface area contributed by atoms with Crippen LogP contribution >= 0.6 is 11.6 Å². The van der Waals surface area contributed by atoms with Gasteiger partial charge >= 0.3 is 0 Å². The molecule has 0 aliphatic carbocycles. The molecule has 0 saturated carbocycles. The van der Waals surface area contributed by atoms with Crippen molar-refractivity contribution in [3.63, 3.8) is 0 Å². The van der Waals surface area contributed by atoms with Crippen molar-refractivity contribution in [3.8, 4) is 5.75 Å². The Bertz CT molecular complexity index is 595. The van der Waals surface area contributed by atoms with Gasteiger partial charge in [0.15, 0.2) is 0 Å². The van der Waals surface area contributed by atoms with Crippen molar-refractivity contribution in [3.05, 3.63) is 58.4 Å². The first-order chi connectivity index (χ1) is 9.49. The average molecular weight is 294 g/mol. The van der Waals surface area contributed by atoms with E-state index < -0.39 is 0 Å². The number of anilines is 1. The summed E-state index contributed by atoms with van der Waals surface area (Å²) >= 11 is 5.85. The Morgan fingerprint density at radius 1 is 1.20 bits per heavy atom. The summed E-state index contributed by atoms with van der Waals surface area (Å²) < 4.78 is 18.7. The first kappa shape index (κ1) is 14.7. The van der Waals surface area contributed by atoms with E-state index in [9.17, 15) is 4.39 Å². The molecular formula is C16H17ClFNO. The maximum atomic E-state index is 13.3. The molecule has 0 spiro atoms. The Morgan fingerprint density at radius 3 is 2.60 bits per heavy atom. The molecule has 106 valence electrons. The quantitative estimate of drug-likeness (QED) is 0.859. The van der Waals surface area contributed by atoms with E-state index in [0.717, 1.165) is 16.9 Å². The number of ether oxygens (including phenoxy) is 1. The maximum absolute atomic E-state index is 13.3. The number of hydrogen-bond acceptors (Lipinski definition) is 2. The standard InChI is InChI=1S/C16H17ClFNO/c1-10-4-5-15(16(6-10)20-3)11(2)19-14-8-12(17)7-13(18)9-14/h4-9,11,19H,1-3H3. The molecule has 0 heterocycles. The lowest BCUT2D eigenvalue weighted by atomic mass is 10.0. The van der Waals surface area contributed by atoms with Gasteiger partial charge in [-0.05, 0) is 43.7 Å². The van der Waals surface area contributed by atoms with E-state index in [0.29, 0.717) is 10.7 Å². The zero-order chi connectivity index (χ0) is 14.7. The number of methoxy groups -OCH3 is 1. The van der Waals surface area contributed by atoms with Crippen LogP contribution in [-0.2, 0) is 0 Å². The second-order valence-electron chi connectivity index (χ2n) is 4.77. The van der Waals surface area contributed by atoms with Gasteiger partial charge in [0.05, 0.1) is 13.2 Å². The molecule has 20 heavy (non-hydrogen) atoms. The first-order valence-electron chi connectivity index (χ1n) is 6.37. The Balaban J connectivity index is 2.25. The average Bonchev–Trinajstić information content (AvgIpc) is 2.37. The zero-order valence-corrected chi connectivity index (χ0v) is 12.5. The van der Waals surface area contributed by atoms with Gasteiger partial charge < -0.3 is 10.1 Å². The van der Waals surface area contributed by atoms with Crippen molar-refractivity contribution >= 4 is 17.3 Å². The Hall–Kier alpha value is -1.74. The lowest BCUT2D eigenvalue weighted by Crippen LogP contribution is -2.08. The minimum Gasteiger partial charge on any atom is -0.496 e. The largest absolute Gasteiger partial charge is 0.496 e. The maximum Gasteiger partial charge on any atom is 0.126 e. The van der Waals surface area contributed by atoms with Gasteiger partial charge in [-0.2, -0.15) is 0 Å². The van der Waals surface area contributed by atoms with Crippen LogP contribution in [-0.4, -0.2) is 7.11 Å². The van der Waals surface area contributed by atoms with Crippen LogP contribution in [0, 0.1) is 12.7 Å². The van der Waals surface area contributed by atoms with Gasteiger partial charge in [-0.3, -0.25) is 0 Å². The zero-order valence-electron chi connectivity index (χ0n) is 11.7. The summed E-state index contributed by atoms with van der Waals surface area (Å²) in [5, 5.41) is 3.60. The van der Waals surface area contributed by atoms with E-state index in [1.54, 1.807) is 13.2 Å². The SMILES string of the molecule is COc1cc(C)ccc1C(C)Nc1cc(F)cc(Cl)c1. The molecule has 0 saturated heterocycles. The molecule has 4 heteroatoms. The Kier molecular flexibility index (Phi) is 4.50. The Labute approximate surface area is 123 Å². The van der Waals surface area contributed by atoms with Crippen molar-refractivity contribution in [2.24, 2.45) is 0 Å². The molecule has 0 bridgehead atoms. The summed E-state index contributed by atoms with van der Waals surface area (Å²) in [6.45, 7) is 4.00. The monoisotopic (exact) mass is 293 g/mol. The summed E-state index contributed by atoms with van der Waals surface area (Å²) in [7, 11) is 1.64. The van der Waals surface area contributed by atoms with Crippen LogP contribution in [0.3, 0.4) is 0 Å². The van der Waals surface area contributed by atoms with Gasteiger partial charge in [-0.25, -0.2) is 4.39 Å². The number of rotatable bonds is 4. The normalized spacial score (nSPS) is 12.1. The van der Waals surface area contributed by atoms with E-state index in [1.165, 1.54) is 12.1 Å². The molecule has 1 N–H and O–H groups in total. The molecule has 0 aliphatic rings. The molecule has 0 aliphatic heterocycles. The number of aryl methyl sites for hydroxylation is 1. The molecule has 1 unspecified atom stereocenters. The van der Waals surface area contributed by atoms with Crippen LogP contribution in [0.15, 0.2) is 36.4 Å². The lowest BCUT2D eigenvalue weighted by Gasteiger charge is -2.19. The third-order valence-corrected chi connectivity index (χ3v) is 3.32. The van der Waals surface area contributed by atoms with Gasteiger partial charge in [0, 0.05) is 16.3 Å². The van der Waals surface area contributed by atoms with Crippen molar-refractivity contribution in [1.29, 1.82) is 0 Å². The third-order valence-electron chi connectivity index (χ3n) is 3.10. The van der Waals surface area contributed by atoms with Crippen molar-refractivity contribution < 1.29 is 9.13 Å². The minimum absolute atomic E-state index is 0.0246. The van der Waals surface area contributed by atoms with Crippen molar-refractivity contribution in [2.45, 2.75) is 19.9 Å². The van der Waals surface area contributed by atoms with E-state index in [1.807, 2.05) is 32.0 Å². The molecule has 2 aromatic carbocycles. The lowest BCUT2D eigenvalue weighted by molar-refractivity contribution is 0.407. The predicted molar refractivity (Wildman–Crippen MR) is 81.2 cm³/mol. The molecule has 2 nitrogen and oxygen atoms in total. The number of halogens is 2. The van der Waals surface area contributed by atoms with E-state index in [4.69, 9.17) is 16.3 Å². The summed E-state index contributed by atoms with van der Waals surface area (Å²) in [4.78, 5) is 0. The molecule has 0 amide bonds. The second kappa shape index (κ2) is 6.14. The van der Waals surface area contributed by atoms with Crippen LogP contribution < -0.4 is 10.1 Å². The first-order valence-corrected chi connectivity index (χ1v) is 6.74. The van der Waals surface area contributed by atoms with Crippen LogP contribution in [0.5, 0.6) is 5.75 Å². The van der Waals surface area contributed by atoms with Crippen LogP contribution in [0.4, 0.5) is 10.1 Å². The molecule has 0 fully saturated rings. The van der Waals surface area contributed by atoms with Crippen LogP contribution in [0.25, 0.3) is 0 Å². The summed E-state index contributed by atoms with van der Waals surface area (Å²) in [5.41, 5.74) is 2.79. The highest BCUT2D eigenvalue weighted by molar-refractivity contribution is 6.30. The topological polar surface area (TPSA) is 21.3 Å². The second-order valence-corrected chi connectivity index (χ2v) is 5.21. The van der Waals surface area contributed by atoms with E-state index in [-0.39, 0.29) is 11.9 Å². The summed E-state index contributed by atoms with van der Waals surface area (Å²) in [6.07, 6.45) is 0. The molecular weight excluding hydrogens is 277 g/mol. The minimum atomic E-state index is -0.358. The predicted octanol–water partition coefficient (Wildman–Crippen LogP) is 4.97. The molecule has 0 radical (unpaired) electrons. The molecule has 0 aromatic heterocycles. The molecule has 1 atom stereocenters. The fourth-order valence-corrected chi connectivity index (χ4v) is 2.36. The Morgan fingerprint density at radius 2 is 1.95 bits per heavy atom. The number of hydrogen-bond donors (Lipinski definition) is 1. The van der Waals surface area contributed by atoms with E-state index >= 15 is 0 Å². The molecule has 2 rings (SSSR count). The number of benzene rings is 2. The van der Waals surface area contributed by atoms with Crippen molar-refractivity contribution in [1.82, 2.24) is 0 Å². The van der Waals surface area contributed by atoms with Crippen LogP contribution in [0.2, 0.25) is 5.02 Å². The highest BCUT2D eigenvalue weighted by Crippen LogP contribution is 2.29. The van der Waals surface area contributed by atoms with E-state index in [2.05, 4.69) is 5.32 Å². The fourth-order valence-electron chi connectivity index (χ4n) is 2.14. The summed E-state index contributed by atoms with van der Waals surface area (Å²) in [6, 6.07) is 10.4. The van der Waals surface area contributed by atoms with Gasteiger partial charge in [-0.1, -0.05) is 23.7 Å². The fraction of sp³-hybridized carbons (Fsp3) is 0.250. The van der Waals surface area contributed by atoms with Gasteiger partial charge in [0.2, 0.25) is 0 Å². The highest BCUT2D eigenvalue weighted by atomic mass is 35.5. The van der Waals surface area contributed by atoms with Crippen LogP contribution in [0.1, 0.15) is 24.1 Å². The smallest absolute Gasteiger partial charge is 0.126 e. The molecule has 2 aromatic rings. The van der Waals surface area contributed by atoms with Gasteiger partial charge in [-0.15, -0.1) is 0 Å². The van der Waals surface area contributed by atoms with Gasteiger partial charge in [0.1, 0.15) is 11.6 Å². The summed E-state index contributed by atoms with van der Waals surface area (Å²) in [5.74, 6) is 0.454. The highest BCUT2D eigenvalue weighted by Gasteiger charge is 2.12. The van der Waals surface area contributed by atoms with Gasteiger partial charge in [0.25, 0.3) is 0 Å². The third kappa shape index (κ3) is 3.42. The number of nitrogens with one attached hydrogen (secondary N) is 1. The van der Waals surface area contributed by atoms with Crippen molar-refractivity contribution in [2.75, 3.05) is 12.4 Å².